The molecule has 0 amide bonds. The first-order valence-electron chi connectivity index (χ1n) is 6.94. The number of ether oxygens (including phenoxy) is 1. The predicted molar refractivity (Wildman–Crippen MR) is 80.9 cm³/mol. The molecule has 0 fully saturated rings. The lowest BCUT2D eigenvalue weighted by molar-refractivity contribution is 0.245. The smallest absolute Gasteiger partial charge is 0.211 e. The fourth-order valence-electron chi connectivity index (χ4n) is 2.61. The lowest BCUT2D eigenvalue weighted by atomic mass is 9.97. The summed E-state index contributed by atoms with van der Waals surface area (Å²) in [6.45, 7) is 1.14. The van der Waals surface area contributed by atoms with Crippen LogP contribution in [0.1, 0.15) is 17.2 Å². The Bertz CT molecular complexity index is 758. The number of aryl methyl sites for hydroxylation is 1. The van der Waals surface area contributed by atoms with Gasteiger partial charge in [0.05, 0.1) is 37.5 Å². The second-order valence-corrected chi connectivity index (χ2v) is 7.40. The maximum Gasteiger partial charge on any atom is 0.211 e. The standard InChI is InChI=1S/C14H18N4O3S/c1-17-14-9-18(22(2,19)20)8-11(13(14)7-16-17)10-21-12-4-3-5-15-6-12/h3-7,11H,8-10H2,1-2H3/t11-/m1/s1. The quantitative estimate of drug-likeness (QED) is 0.830. The zero-order valence-electron chi connectivity index (χ0n) is 12.5. The highest BCUT2D eigenvalue weighted by Gasteiger charge is 2.32. The third kappa shape index (κ3) is 2.97. The Labute approximate surface area is 129 Å². The molecule has 0 N–H and O–H groups in total. The fourth-order valence-corrected chi connectivity index (χ4v) is 3.42. The average Bonchev–Trinajstić information content (AvgIpc) is 2.87. The van der Waals surface area contributed by atoms with Crippen LogP contribution in [0.5, 0.6) is 5.75 Å². The molecule has 0 bridgehead atoms. The summed E-state index contributed by atoms with van der Waals surface area (Å²) in [6.07, 6.45) is 6.35. The van der Waals surface area contributed by atoms with Crippen molar-refractivity contribution in [2.75, 3.05) is 19.4 Å². The van der Waals surface area contributed by atoms with Crippen LogP contribution >= 0.6 is 0 Å². The summed E-state index contributed by atoms with van der Waals surface area (Å²) in [4.78, 5) is 4.00. The molecule has 0 aromatic carbocycles. The van der Waals surface area contributed by atoms with E-state index in [1.54, 1.807) is 29.3 Å². The summed E-state index contributed by atoms with van der Waals surface area (Å²) in [5.74, 6) is 0.622. The molecule has 0 saturated heterocycles. The van der Waals surface area contributed by atoms with Gasteiger partial charge in [-0.1, -0.05) is 0 Å². The van der Waals surface area contributed by atoms with E-state index < -0.39 is 10.0 Å². The summed E-state index contributed by atoms with van der Waals surface area (Å²) in [5.41, 5.74) is 1.96. The molecule has 1 aliphatic rings. The molecule has 1 aliphatic heterocycles. The Kier molecular flexibility index (Phi) is 3.88. The number of rotatable bonds is 4. The molecule has 2 aromatic rings. The Hall–Kier alpha value is -1.93. The molecule has 0 unspecified atom stereocenters. The molecule has 118 valence electrons. The topological polar surface area (TPSA) is 77.3 Å². The summed E-state index contributed by atoms with van der Waals surface area (Å²) in [6, 6.07) is 3.63. The highest BCUT2D eigenvalue weighted by atomic mass is 32.2. The van der Waals surface area contributed by atoms with Crippen LogP contribution in [0.25, 0.3) is 0 Å². The van der Waals surface area contributed by atoms with Gasteiger partial charge in [-0.15, -0.1) is 0 Å². The molecule has 22 heavy (non-hydrogen) atoms. The summed E-state index contributed by atoms with van der Waals surface area (Å²) < 4.78 is 32.7. The Morgan fingerprint density at radius 3 is 2.91 bits per heavy atom. The SMILES string of the molecule is Cn1ncc2c1CN(S(C)(=O)=O)C[C@@H]2COc1cccnc1. The first-order chi connectivity index (χ1) is 10.4. The number of pyridine rings is 1. The second kappa shape index (κ2) is 5.69. The largest absolute Gasteiger partial charge is 0.491 e. The van der Waals surface area contributed by atoms with Crippen molar-refractivity contribution >= 4 is 10.0 Å². The van der Waals surface area contributed by atoms with Gasteiger partial charge in [0.2, 0.25) is 10.0 Å². The minimum atomic E-state index is -3.25. The molecule has 2 aromatic heterocycles. The number of aromatic nitrogens is 3. The van der Waals surface area contributed by atoms with E-state index in [4.69, 9.17) is 4.74 Å². The first-order valence-corrected chi connectivity index (χ1v) is 8.78. The number of fused-ring (bicyclic) bond motifs is 1. The number of hydrogen-bond donors (Lipinski definition) is 0. The van der Waals surface area contributed by atoms with Gasteiger partial charge in [0.15, 0.2) is 0 Å². The van der Waals surface area contributed by atoms with Gasteiger partial charge in [-0.3, -0.25) is 9.67 Å². The van der Waals surface area contributed by atoms with Crippen molar-refractivity contribution in [2.45, 2.75) is 12.5 Å². The van der Waals surface area contributed by atoms with Crippen molar-refractivity contribution in [3.05, 3.63) is 42.0 Å². The van der Waals surface area contributed by atoms with Crippen molar-refractivity contribution < 1.29 is 13.2 Å². The third-order valence-electron chi connectivity index (χ3n) is 3.84. The maximum absolute atomic E-state index is 11.9. The number of nitrogens with zero attached hydrogens (tertiary/aromatic N) is 4. The molecular formula is C14H18N4O3S. The first kappa shape index (κ1) is 15.0. The van der Waals surface area contributed by atoms with Crippen LogP contribution in [0.15, 0.2) is 30.7 Å². The Morgan fingerprint density at radius 1 is 1.41 bits per heavy atom. The average molecular weight is 322 g/mol. The van der Waals surface area contributed by atoms with E-state index in [1.807, 2.05) is 13.1 Å². The van der Waals surface area contributed by atoms with Gasteiger partial charge < -0.3 is 4.74 Å². The number of hydrogen-bond acceptors (Lipinski definition) is 5. The monoisotopic (exact) mass is 322 g/mol. The van der Waals surface area contributed by atoms with E-state index >= 15 is 0 Å². The van der Waals surface area contributed by atoms with Crippen LogP contribution in [0.2, 0.25) is 0 Å². The van der Waals surface area contributed by atoms with Crippen LogP contribution in [0.4, 0.5) is 0 Å². The van der Waals surface area contributed by atoms with Gasteiger partial charge in [-0.05, 0) is 12.1 Å². The lowest BCUT2D eigenvalue weighted by Gasteiger charge is -2.31. The van der Waals surface area contributed by atoms with Gasteiger partial charge >= 0.3 is 0 Å². The zero-order chi connectivity index (χ0) is 15.7. The van der Waals surface area contributed by atoms with E-state index in [-0.39, 0.29) is 5.92 Å². The minimum Gasteiger partial charge on any atom is -0.491 e. The molecular weight excluding hydrogens is 304 g/mol. The van der Waals surface area contributed by atoms with E-state index in [9.17, 15) is 8.42 Å². The van der Waals surface area contributed by atoms with Gasteiger partial charge in [0.25, 0.3) is 0 Å². The second-order valence-electron chi connectivity index (χ2n) is 5.42. The summed E-state index contributed by atoms with van der Waals surface area (Å²) in [5, 5.41) is 4.25. The molecule has 1 atom stereocenters. The molecule has 3 rings (SSSR count). The molecule has 3 heterocycles. The summed E-state index contributed by atoms with van der Waals surface area (Å²) in [7, 11) is -1.43. The van der Waals surface area contributed by atoms with Gasteiger partial charge in [0.1, 0.15) is 5.75 Å². The van der Waals surface area contributed by atoms with Crippen LogP contribution in [-0.4, -0.2) is 46.9 Å². The molecule has 0 radical (unpaired) electrons. The molecule has 8 heteroatoms. The number of sulfonamides is 1. The normalized spacial score (nSPS) is 18.9. The maximum atomic E-state index is 11.9. The van der Waals surface area contributed by atoms with Crippen molar-refractivity contribution in [3.63, 3.8) is 0 Å². The summed E-state index contributed by atoms with van der Waals surface area (Å²) >= 11 is 0. The van der Waals surface area contributed by atoms with Gasteiger partial charge in [-0.2, -0.15) is 9.40 Å². The van der Waals surface area contributed by atoms with Crippen molar-refractivity contribution in [1.29, 1.82) is 0 Å². The lowest BCUT2D eigenvalue weighted by Crippen LogP contribution is -2.39. The third-order valence-corrected chi connectivity index (χ3v) is 5.05. The molecule has 0 aliphatic carbocycles. The Balaban J connectivity index is 1.83. The molecule has 0 spiro atoms. The van der Waals surface area contributed by atoms with Crippen molar-refractivity contribution in [1.82, 2.24) is 19.1 Å². The van der Waals surface area contributed by atoms with Gasteiger partial charge in [-0.25, -0.2) is 8.42 Å². The fraction of sp³-hybridized carbons (Fsp3) is 0.429. The highest BCUT2D eigenvalue weighted by Crippen LogP contribution is 2.29. The van der Waals surface area contributed by atoms with Crippen LogP contribution in [-0.2, 0) is 23.6 Å². The molecule has 7 nitrogen and oxygen atoms in total. The van der Waals surface area contributed by atoms with Crippen LogP contribution in [0, 0.1) is 0 Å². The predicted octanol–water partition coefficient (Wildman–Crippen LogP) is 0.753. The van der Waals surface area contributed by atoms with Crippen LogP contribution in [0.3, 0.4) is 0 Å². The van der Waals surface area contributed by atoms with Crippen molar-refractivity contribution in [3.8, 4) is 5.75 Å². The highest BCUT2D eigenvalue weighted by molar-refractivity contribution is 7.88. The van der Waals surface area contributed by atoms with E-state index in [2.05, 4.69) is 10.1 Å². The zero-order valence-corrected chi connectivity index (χ0v) is 13.3. The van der Waals surface area contributed by atoms with Crippen molar-refractivity contribution in [2.24, 2.45) is 7.05 Å². The molecule has 0 saturated carbocycles. The van der Waals surface area contributed by atoms with E-state index in [0.717, 1.165) is 11.3 Å². The Morgan fingerprint density at radius 2 is 2.23 bits per heavy atom. The van der Waals surface area contributed by atoms with Crippen LogP contribution < -0.4 is 4.74 Å². The van der Waals surface area contributed by atoms with E-state index in [0.29, 0.717) is 25.4 Å². The van der Waals surface area contributed by atoms with E-state index in [1.165, 1.54) is 10.6 Å². The van der Waals surface area contributed by atoms with Gasteiger partial charge in [0, 0.05) is 31.3 Å². The minimum absolute atomic E-state index is 0.0487.